The van der Waals surface area contributed by atoms with Crippen LogP contribution in [0.25, 0.3) is 0 Å². The fourth-order valence-electron chi connectivity index (χ4n) is 2.75. The molecule has 0 bridgehead atoms. The molecule has 2 heterocycles. The maximum absolute atomic E-state index is 11.7. The number of carbonyl (C=O) groups is 1. The first kappa shape index (κ1) is 15.7. The Balaban J connectivity index is 2.04. The van der Waals surface area contributed by atoms with E-state index in [1.807, 2.05) is 6.07 Å². The van der Waals surface area contributed by atoms with Gasteiger partial charge in [0, 0.05) is 31.4 Å². The summed E-state index contributed by atoms with van der Waals surface area (Å²) in [6.07, 6.45) is 2.69. The summed E-state index contributed by atoms with van der Waals surface area (Å²) in [5, 5.41) is 9.27. The lowest BCUT2D eigenvalue weighted by Gasteiger charge is -2.30. The van der Waals surface area contributed by atoms with Crippen molar-refractivity contribution in [2.24, 2.45) is 5.92 Å². The zero-order valence-corrected chi connectivity index (χ0v) is 12.3. The van der Waals surface area contributed by atoms with E-state index >= 15 is 0 Å². The highest BCUT2D eigenvalue weighted by atomic mass is 16.5. The largest absolute Gasteiger partial charge is 0.481 e. The van der Waals surface area contributed by atoms with E-state index in [1.165, 1.54) is 6.07 Å². The summed E-state index contributed by atoms with van der Waals surface area (Å²) in [6.45, 7) is 4.79. The van der Waals surface area contributed by atoms with Crippen LogP contribution in [0, 0.1) is 5.92 Å². The van der Waals surface area contributed by atoms with Crippen LogP contribution in [0.3, 0.4) is 0 Å². The van der Waals surface area contributed by atoms with E-state index in [0.717, 1.165) is 13.0 Å². The Morgan fingerprint density at radius 2 is 2.24 bits per heavy atom. The average Bonchev–Trinajstić information content (AvgIpc) is 2.94. The molecule has 116 valence electrons. The average molecular weight is 294 g/mol. The highest BCUT2D eigenvalue weighted by Crippen LogP contribution is 2.20. The van der Waals surface area contributed by atoms with Crippen molar-refractivity contribution in [1.29, 1.82) is 0 Å². The standard InChI is InChI=1S/C15H22N2O4/c1-2-6-16(13-11-21-10-12(13)15(19)20)8-9-17-7-4-3-5-14(17)18/h3-5,7,12-13H,2,6,8-11H2,1H3,(H,19,20). The number of hydrogen-bond donors (Lipinski definition) is 1. The van der Waals surface area contributed by atoms with E-state index in [9.17, 15) is 14.7 Å². The Morgan fingerprint density at radius 3 is 2.90 bits per heavy atom. The number of carboxylic acids is 1. The molecular formula is C15H22N2O4. The van der Waals surface area contributed by atoms with Crippen LogP contribution in [0.1, 0.15) is 13.3 Å². The minimum atomic E-state index is -0.810. The Labute approximate surface area is 123 Å². The Bertz CT molecular complexity index is 528. The molecule has 0 radical (unpaired) electrons. The fraction of sp³-hybridized carbons (Fsp3) is 0.600. The van der Waals surface area contributed by atoms with E-state index in [1.54, 1.807) is 16.8 Å². The summed E-state index contributed by atoms with van der Waals surface area (Å²) in [5.41, 5.74) is -0.0357. The summed E-state index contributed by atoms with van der Waals surface area (Å²) in [5.74, 6) is -1.29. The number of hydrogen-bond acceptors (Lipinski definition) is 4. The summed E-state index contributed by atoms with van der Waals surface area (Å²) < 4.78 is 6.99. The molecule has 1 aromatic heterocycles. The van der Waals surface area contributed by atoms with E-state index in [-0.39, 0.29) is 18.2 Å². The van der Waals surface area contributed by atoms with Gasteiger partial charge in [0.2, 0.25) is 0 Å². The highest BCUT2D eigenvalue weighted by molar-refractivity contribution is 5.71. The monoisotopic (exact) mass is 294 g/mol. The van der Waals surface area contributed by atoms with Gasteiger partial charge >= 0.3 is 5.97 Å². The van der Waals surface area contributed by atoms with E-state index < -0.39 is 11.9 Å². The van der Waals surface area contributed by atoms with Crippen molar-refractivity contribution in [1.82, 2.24) is 9.47 Å². The van der Waals surface area contributed by atoms with Gasteiger partial charge in [-0.25, -0.2) is 0 Å². The van der Waals surface area contributed by atoms with Crippen LogP contribution in [-0.4, -0.2) is 52.9 Å². The highest BCUT2D eigenvalue weighted by Gasteiger charge is 2.37. The van der Waals surface area contributed by atoms with Crippen LogP contribution >= 0.6 is 0 Å². The van der Waals surface area contributed by atoms with Gasteiger partial charge < -0.3 is 14.4 Å². The first-order chi connectivity index (χ1) is 10.1. The Morgan fingerprint density at radius 1 is 1.43 bits per heavy atom. The molecule has 1 fully saturated rings. The molecule has 0 aromatic carbocycles. The van der Waals surface area contributed by atoms with Gasteiger partial charge in [-0.15, -0.1) is 0 Å². The first-order valence-corrected chi connectivity index (χ1v) is 7.33. The molecule has 1 N–H and O–H groups in total. The van der Waals surface area contributed by atoms with Crippen molar-refractivity contribution in [2.45, 2.75) is 25.9 Å². The summed E-state index contributed by atoms with van der Waals surface area (Å²) in [6, 6.07) is 4.96. The first-order valence-electron chi connectivity index (χ1n) is 7.33. The molecule has 21 heavy (non-hydrogen) atoms. The third-order valence-electron chi connectivity index (χ3n) is 3.87. The lowest BCUT2D eigenvalue weighted by molar-refractivity contribution is -0.143. The number of ether oxygens (including phenoxy) is 1. The predicted octanol–water partition coefficient (Wildman–Crippen LogP) is 0.660. The minimum Gasteiger partial charge on any atom is -0.481 e. The van der Waals surface area contributed by atoms with Crippen LogP contribution < -0.4 is 5.56 Å². The molecule has 2 rings (SSSR count). The Hall–Kier alpha value is -1.66. The fourth-order valence-corrected chi connectivity index (χ4v) is 2.75. The molecule has 6 nitrogen and oxygen atoms in total. The van der Waals surface area contributed by atoms with E-state index in [0.29, 0.717) is 19.7 Å². The predicted molar refractivity (Wildman–Crippen MR) is 78.3 cm³/mol. The molecule has 2 unspecified atom stereocenters. The van der Waals surface area contributed by atoms with Crippen LogP contribution in [0.5, 0.6) is 0 Å². The van der Waals surface area contributed by atoms with Gasteiger partial charge in [-0.1, -0.05) is 13.0 Å². The SMILES string of the molecule is CCCN(CCn1ccccc1=O)C1COCC1C(=O)O. The van der Waals surface area contributed by atoms with E-state index in [2.05, 4.69) is 11.8 Å². The topological polar surface area (TPSA) is 71.8 Å². The number of pyridine rings is 1. The maximum Gasteiger partial charge on any atom is 0.310 e. The van der Waals surface area contributed by atoms with Crippen LogP contribution in [0.15, 0.2) is 29.2 Å². The minimum absolute atomic E-state index is 0.0357. The van der Waals surface area contributed by atoms with Crippen molar-refractivity contribution in [2.75, 3.05) is 26.3 Å². The molecule has 0 saturated carbocycles. The van der Waals surface area contributed by atoms with Crippen molar-refractivity contribution in [3.05, 3.63) is 34.7 Å². The molecule has 2 atom stereocenters. The molecule has 0 aliphatic carbocycles. The normalized spacial score (nSPS) is 21.8. The summed E-state index contributed by atoms with van der Waals surface area (Å²) >= 11 is 0. The second-order valence-corrected chi connectivity index (χ2v) is 5.32. The molecule has 6 heteroatoms. The lowest BCUT2D eigenvalue weighted by Crippen LogP contribution is -2.45. The lowest BCUT2D eigenvalue weighted by atomic mass is 10.0. The van der Waals surface area contributed by atoms with Gasteiger partial charge in [-0.05, 0) is 19.0 Å². The van der Waals surface area contributed by atoms with Crippen molar-refractivity contribution >= 4 is 5.97 Å². The van der Waals surface area contributed by atoms with Crippen molar-refractivity contribution in [3.8, 4) is 0 Å². The van der Waals surface area contributed by atoms with Gasteiger partial charge in [-0.2, -0.15) is 0 Å². The number of carboxylic acid groups (broad SMARTS) is 1. The second-order valence-electron chi connectivity index (χ2n) is 5.32. The third kappa shape index (κ3) is 3.92. The van der Waals surface area contributed by atoms with Crippen LogP contribution in [-0.2, 0) is 16.1 Å². The van der Waals surface area contributed by atoms with Gasteiger partial charge in [0.1, 0.15) is 0 Å². The number of nitrogens with zero attached hydrogens (tertiary/aromatic N) is 2. The van der Waals surface area contributed by atoms with E-state index in [4.69, 9.17) is 4.74 Å². The molecule has 1 aliphatic heterocycles. The van der Waals surface area contributed by atoms with Crippen molar-refractivity contribution < 1.29 is 14.6 Å². The molecule has 0 spiro atoms. The molecule has 1 saturated heterocycles. The number of aliphatic carboxylic acids is 1. The summed E-state index contributed by atoms with van der Waals surface area (Å²) in [4.78, 5) is 25.1. The zero-order chi connectivity index (χ0) is 15.2. The molecule has 1 aromatic rings. The molecule has 1 aliphatic rings. The third-order valence-corrected chi connectivity index (χ3v) is 3.87. The van der Waals surface area contributed by atoms with Gasteiger partial charge in [-0.3, -0.25) is 14.5 Å². The van der Waals surface area contributed by atoms with Crippen molar-refractivity contribution in [3.63, 3.8) is 0 Å². The zero-order valence-electron chi connectivity index (χ0n) is 12.3. The smallest absolute Gasteiger partial charge is 0.310 e. The number of aromatic nitrogens is 1. The van der Waals surface area contributed by atoms with Crippen LogP contribution in [0.4, 0.5) is 0 Å². The van der Waals surface area contributed by atoms with Crippen LogP contribution in [0.2, 0.25) is 0 Å². The summed E-state index contributed by atoms with van der Waals surface area (Å²) in [7, 11) is 0. The molecular weight excluding hydrogens is 272 g/mol. The second kappa shape index (κ2) is 7.38. The maximum atomic E-state index is 11.7. The quantitative estimate of drug-likeness (QED) is 0.800. The van der Waals surface area contributed by atoms with Gasteiger partial charge in [0.15, 0.2) is 0 Å². The number of rotatable bonds is 7. The van der Waals surface area contributed by atoms with Gasteiger partial charge in [0.05, 0.1) is 19.1 Å². The Kier molecular flexibility index (Phi) is 5.52. The molecule has 0 amide bonds. The van der Waals surface area contributed by atoms with Gasteiger partial charge in [0.25, 0.3) is 5.56 Å².